The molecule has 1 aromatic heterocycles. The lowest BCUT2D eigenvalue weighted by Gasteiger charge is -2.13. The van der Waals surface area contributed by atoms with Crippen LogP contribution in [0.1, 0.15) is 30.5 Å². The standard InChI is InChI=1S/C17H19N3S/c1-3-13(18)12-6-4-5-7-16(12)21-17-19-14-9-8-11(2)10-15(14)20-17/h4-10,13H,3,18H2,1-2H3,(H,19,20)/t13-/m1/s1. The second kappa shape index (κ2) is 5.92. The number of hydrogen-bond donors (Lipinski definition) is 2. The molecular weight excluding hydrogens is 278 g/mol. The second-order valence-electron chi connectivity index (χ2n) is 5.22. The Balaban J connectivity index is 1.95. The SMILES string of the molecule is CC[C@@H](N)c1ccccc1Sc1nc2ccc(C)cc2[nH]1. The van der Waals surface area contributed by atoms with Gasteiger partial charge >= 0.3 is 0 Å². The molecule has 3 nitrogen and oxygen atoms in total. The van der Waals surface area contributed by atoms with E-state index < -0.39 is 0 Å². The van der Waals surface area contributed by atoms with Crippen molar-refractivity contribution in [3.8, 4) is 0 Å². The van der Waals surface area contributed by atoms with E-state index in [1.165, 1.54) is 16.0 Å². The maximum Gasteiger partial charge on any atom is 0.171 e. The van der Waals surface area contributed by atoms with Crippen molar-refractivity contribution in [2.75, 3.05) is 0 Å². The van der Waals surface area contributed by atoms with Crippen molar-refractivity contribution in [2.24, 2.45) is 5.73 Å². The molecule has 1 atom stereocenters. The Morgan fingerprint density at radius 1 is 1.24 bits per heavy atom. The average Bonchev–Trinajstić information content (AvgIpc) is 2.88. The summed E-state index contributed by atoms with van der Waals surface area (Å²) in [6.45, 7) is 4.19. The van der Waals surface area contributed by atoms with Gasteiger partial charge in [-0.3, -0.25) is 0 Å². The summed E-state index contributed by atoms with van der Waals surface area (Å²) in [6.07, 6.45) is 0.927. The molecule has 3 aromatic rings. The molecule has 0 fully saturated rings. The molecule has 0 saturated heterocycles. The Bertz CT molecular complexity index is 764. The number of nitrogens with one attached hydrogen (secondary N) is 1. The van der Waals surface area contributed by atoms with Crippen molar-refractivity contribution in [2.45, 2.75) is 36.4 Å². The first-order valence-corrected chi connectivity index (χ1v) is 7.97. The van der Waals surface area contributed by atoms with E-state index in [0.29, 0.717) is 0 Å². The van der Waals surface area contributed by atoms with Gasteiger partial charge in [0.25, 0.3) is 0 Å². The van der Waals surface area contributed by atoms with Gasteiger partial charge in [0.05, 0.1) is 11.0 Å². The monoisotopic (exact) mass is 297 g/mol. The lowest BCUT2D eigenvalue weighted by molar-refractivity contribution is 0.685. The van der Waals surface area contributed by atoms with Gasteiger partial charge in [0.1, 0.15) is 0 Å². The zero-order valence-electron chi connectivity index (χ0n) is 12.3. The minimum atomic E-state index is 0.0697. The summed E-state index contributed by atoms with van der Waals surface area (Å²) >= 11 is 1.64. The van der Waals surface area contributed by atoms with Crippen LogP contribution in [-0.2, 0) is 0 Å². The van der Waals surface area contributed by atoms with E-state index in [0.717, 1.165) is 22.6 Å². The summed E-state index contributed by atoms with van der Waals surface area (Å²) < 4.78 is 0. The zero-order chi connectivity index (χ0) is 14.8. The Kier molecular flexibility index (Phi) is 3.99. The highest BCUT2D eigenvalue weighted by Gasteiger charge is 2.12. The first-order chi connectivity index (χ1) is 10.2. The molecule has 0 saturated carbocycles. The fourth-order valence-electron chi connectivity index (χ4n) is 2.35. The first-order valence-electron chi connectivity index (χ1n) is 7.16. The van der Waals surface area contributed by atoms with Gasteiger partial charge in [0.15, 0.2) is 5.16 Å². The van der Waals surface area contributed by atoms with Crippen LogP contribution in [-0.4, -0.2) is 9.97 Å². The van der Waals surface area contributed by atoms with Gasteiger partial charge < -0.3 is 10.7 Å². The van der Waals surface area contributed by atoms with Crippen molar-refractivity contribution in [1.29, 1.82) is 0 Å². The van der Waals surface area contributed by atoms with E-state index in [1.54, 1.807) is 11.8 Å². The number of fused-ring (bicyclic) bond motifs is 1. The molecule has 3 N–H and O–H groups in total. The van der Waals surface area contributed by atoms with Crippen LogP contribution in [0.15, 0.2) is 52.5 Å². The van der Waals surface area contributed by atoms with Gasteiger partial charge in [-0.05, 0) is 42.7 Å². The number of aromatic nitrogens is 2. The molecule has 108 valence electrons. The minimum absolute atomic E-state index is 0.0697. The predicted molar refractivity (Wildman–Crippen MR) is 88.6 cm³/mol. The second-order valence-corrected chi connectivity index (χ2v) is 6.25. The van der Waals surface area contributed by atoms with Gasteiger partial charge in [0, 0.05) is 10.9 Å². The largest absolute Gasteiger partial charge is 0.333 e. The highest BCUT2D eigenvalue weighted by molar-refractivity contribution is 7.99. The molecule has 21 heavy (non-hydrogen) atoms. The van der Waals surface area contributed by atoms with E-state index in [4.69, 9.17) is 5.73 Å². The van der Waals surface area contributed by atoms with E-state index in [9.17, 15) is 0 Å². The van der Waals surface area contributed by atoms with Crippen LogP contribution >= 0.6 is 11.8 Å². The van der Waals surface area contributed by atoms with Gasteiger partial charge in [-0.2, -0.15) is 0 Å². The topological polar surface area (TPSA) is 54.7 Å². The number of H-pyrrole nitrogens is 1. The Hall–Kier alpha value is -1.78. The highest BCUT2D eigenvalue weighted by Crippen LogP contribution is 2.33. The van der Waals surface area contributed by atoms with E-state index in [-0.39, 0.29) is 6.04 Å². The van der Waals surface area contributed by atoms with Crippen LogP contribution < -0.4 is 5.73 Å². The molecule has 0 aliphatic heterocycles. The molecule has 0 aliphatic carbocycles. The third kappa shape index (κ3) is 2.96. The Morgan fingerprint density at radius 2 is 2.05 bits per heavy atom. The molecule has 0 radical (unpaired) electrons. The van der Waals surface area contributed by atoms with Gasteiger partial charge in [-0.25, -0.2) is 4.98 Å². The quantitative estimate of drug-likeness (QED) is 0.749. The smallest absolute Gasteiger partial charge is 0.171 e. The number of hydrogen-bond acceptors (Lipinski definition) is 3. The van der Waals surface area contributed by atoms with Crippen molar-refractivity contribution < 1.29 is 0 Å². The lowest BCUT2D eigenvalue weighted by Crippen LogP contribution is -2.09. The molecule has 0 spiro atoms. The molecule has 0 aliphatic rings. The molecule has 4 heteroatoms. The van der Waals surface area contributed by atoms with E-state index >= 15 is 0 Å². The van der Waals surface area contributed by atoms with Crippen molar-refractivity contribution in [1.82, 2.24) is 9.97 Å². The fourth-order valence-corrected chi connectivity index (χ4v) is 3.35. The normalized spacial score (nSPS) is 12.7. The molecule has 0 bridgehead atoms. The summed E-state index contributed by atoms with van der Waals surface area (Å²) in [7, 11) is 0. The molecule has 3 rings (SSSR count). The van der Waals surface area contributed by atoms with Crippen LogP contribution in [0.4, 0.5) is 0 Å². The van der Waals surface area contributed by atoms with E-state index in [1.807, 2.05) is 12.1 Å². The molecular formula is C17H19N3S. The van der Waals surface area contributed by atoms with Crippen LogP contribution in [0.5, 0.6) is 0 Å². The number of aromatic amines is 1. The van der Waals surface area contributed by atoms with Crippen molar-refractivity contribution >= 4 is 22.8 Å². The van der Waals surface area contributed by atoms with E-state index in [2.05, 4.69) is 54.1 Å². The fraction of sp³-hybridized carbons (Fsp3) is 0.235. The van der Waals surface area contributed by atoms with Crippen LogP contribution in [0.2, 0.25) is 0 Å². The van der Waals surface area contributed by atoms with Crippen LogP contribution in [0.3, 0.4) is 0 Å². The molecule has 1 heterocycles. The van der Waals surface area contributed by atoms with Gasteiger partial charge in [-0.1, -0.05) is 43.0 Å². The van der Waals surface area contributed by atoms with Gasteiger partial charge in [-0.15, -0.1) is 0 Å². The minimum Gasteiger partial charge on any atom is -0.333 e. The van der Waals surface area contributed by atoms with Crippen molar-refractivity contribution in [3.63, 3.8) is 0 Å². The number of benzene rings is 2. The maximum absolute atomic E-state index is 6.20. The third-order valence-electron chi connectivity index (χ3n) is 3.58. The number of rotatable bonds is 4. The Morgan fingerprint density at radius 3 is 2.86 bits per heavy atom. The number of imidazole rings is 1. The zero-order valence-corrected chi connectivity index (χ0v) is 13.1. The summed E-state index contributed by atoms with van der Waals surface area (Å²) in [5, 5.41) is 0.909. The molecule has 2 aromatic carbocycles. The van der Waals surface area contributed by atoms with Gasteiger partial charge in [0.2, 0.25) is 0 Å². The third-order valence-corrected chi connectivity index (χ3v) is 4.56. The average molecular weight is 297 g/mol. The number of nitrogens with two attached hydrogens (primary N) is 1. The highest BCUT2D eigenvalue weighted by atomic mass is 32.2. The maximum atomic E-state index is 6.20. The first kappa shape index (κ1) is 14.2. The van der Waals surface area contributed by atoms with Crippen LogP contribution in [0.25, 0.3) is 11.0 Å². The summed E-state index contributed by atoms with van der Waals surface area (Å²) in [5.74, 6) is 0. The summed E-state index contributed by atoms with van der Waals surface area (Å²) in [6, 6.07) is 14.6. The summed E-state index contributed by atoms with van der Waals surface area (Å²) in [5.41, 5.74) is 10.7. The number of nitrogens with zero attached hydrogens (tertiary/aromatic N) is 1. The summed E-state index contributed by atoms with van der Waals surface area (Å²) in [4.78, 5) is 9.19. The molecule has 0 amide bonds. The van der Waals surface area contributed by atoms with Crippen molar-refractivity contribution in [3.05, 3.63) is 53.6 Å². The molecule has 0 unspecified atom stereocenters. The predicted octanol–water partition coefficient (Wildman–Crippen LogP) is 4.43. The Labute approximate surface area is 129 Å². The number of aryl methyl sites for hydroxylation is 1. The van der Waals surface area contributed by atoms with Crippen LogP contribution in [0, 0.1) is 6.92 Å². The lowest BCUT2D eigenvalue weighted by atomic mass is 10.1.